The number of carbonyl (C=O) groups is 2. The van der Waals surface area contributed by atoms with Crippen LogP contribution >= 0.6 is 0 Å². The van der Waals surface area contributed by atoms with E-state index in [-0.39, 0.29) is 0 Å². The number of anilines is 2. The van der Waals surface area contributed by atoms with Gasteiger partial charge in [-0.15, -0.1) is 0 Å². The minimum atomic E-state index is -4.44. The van der Waals surface area contributed by atoms with E-state index < -0.39 is 23.6 Å². The number of para-hydroxylation sites is 2. The number of benzene rings is 3. The number of hydrogen-bond acceptors (Lipinski definition) is 3. The summed E-state index contributed by atoms with van der Waals surface area (Å²) in [6.07, 6.45) is -0.138. The molecule has 0 bridgehead atoms. The lowest BCUT2D eigenvalue weighted by atomic mass is 10.0. The molecule has 1 unspecified atom stereocenters. The number of ether oxygens (including phenoxy) is 1. The summed E-state index contributed by atoms with van der Waals surface area (Å²) in [5.74, 6) is -0.845. The summed E-state index contributed by atoms with van der Waals surface area (Å²) >= 11 is 0. The average Bonchev–Trinajstić information content (AvgIpc) is 2.89. The summed E-state index contributed by atoms with van der Waals surface area (Å²) in [5, 5.41) is 5.10. The molecule has 0 saturated heterocycles. The molecule has 8 heteroatoms. The van der Waals surface area contributed by atoms with E-state index in [2.05, 4.69) is 24.5 Å². The van der Waals surface area contributed by atoms with Crippen molar-refractivity contribution in [1.29, 1.82) is 0 Å². The van der Waals surface area contributed by atoms with Crippen LogP contribution in [0.2, 0.25) is 0 Å². The molecule has 2 amide bonds. The van der Waals surface area contributed by atoms with Gasteiger partial charge in [0.1, 0.15) is 5.75 Å². The first kappa shape index (κ1) is 27.8. The molecule has 1 atom stereocenters. The Kier molecular flexibility index (Phi) is 9.71. The molecule has 3 rings (SSSR count). The molecule has 0 aliphatic rings. The van der Waals surface area contributed by atoms with Gasteiger partial charge in [-0.2, -0.15) is 13.2 Å². The zero-order valence-electron chi connectivity index (χ0n) is 20.9. The summed E-state index contributed by atoms with van der Waals surface area (Å²) in [4.78, 5) is 25.0. The maximum Gasteiger partial charge on any atom is 0.416 e. The Morgan fingerprint density at radius 2 is 1.57 bits per heavy atom. The third-order valence-electron chi connectivity index (χ3n) is 6.03. The largest absolute Gasteiger partial charge is 0.491 e. The number of hydrogen-bond donors (Lipinski definition) is 2. The number of alkyl halides is 3. The highest BCUT2D eigenvalue weighted by molar-refractivity contribution is 6.43. The second-order valence-electron chi connectivity index (χ2n) is 8.79. The molecule has 0 heterocycles. The topological polar surface area (TPSA) is 67.4 Å². The predicted molar refractivity (Wildman–Crippen MR) is 139 cm³/mol. The van der Waals surface area contributed by atoms with Crippen molar-refractivity contribution >= 4 is 23.2 Å². The molecule has 0 aromatic heterocycles. The van der Waals surface area contributed by atoms with Crippen LogP contribution in [0.5, 0.6) is 5.75 Å². The monoisotopic (exact) mass is 512 g/mol. The molecule has 0 spiro atoms. The van der Waals surface area contributed by atoms with Gasteiger partial charge in [0.25, 0.3) is 0 Å². The van der Waals surface area contributed by atoms with E-state index in [0.29, 0.717) is 40.8 Å². The number of carbonyl (C=O) groups excluding carboxylic acids is 2. The highest BCUT2D eigenvalue weighted by Gasteiger charge is 2.30. The van der Waals surface area contributed by atoms with E-state index in [4.69, 9.17) is 4.74 Å². The summed E-state index contributed by atoms with van der Waals surface area (Å²) in [6.45, 7) is 4.79. The minimum Gasteiger partial charge on any atom is -0.491 e. The Morgan fingerprint density at radius 3 is 2.24 bits per heavy atom. The van der Waals surface area contributed by atoms with Gasteiger partial charge in [0.15, 0.2) is 0 Å². The van der Waals surface area contributed by atoms with E-state index >= 15 is 0 Å². The Morgan fingerprint density at radius 1 is 0.865 bits per heavy atom. The lowest BCUT2D eigenvalue weighted by molar-refractivity contribution is -0.137. The van der Waals surface area contributed by atoms with Crippen LogP contribution in [0.25, 0.3) is 11.1 Å². The van der Waals surface area contributed by atoms with Crippen molar-refractivity contribution in [2.24, 2.45) is 5.92 Å². The fourth-order valence-corrected chi connectivity index (χ4v) is 3.79. The number of amides is 2. The first-order valence-corrected chi connectivity index (χ1v) is 12.3. The lowest BCUT2D eigenvalue weighted by Crippen LogP contribution is -2.29. The summed E-state index contributed by atoms with van der Waals surface area (Å²) in [7, 11) is 0. The highest BCUT2D eigenvalue weighted by Crippen LogP contribution is 2.32. The molecule has 2 N–H and O–H groups in total. The van der Waals surface area contributed by atoms with Crippen LogP contribution in [0.1, 0.15) is 45.1 Å². The zero-order valence-corrected chi connectivity index (χ0v) is 20.9. The summed E-state index contributed by atoms with van der Waals surface area (Å²) in [5.41, 5.74) is 0.926. The Balaban J connectivity index is 1.61. The van der Waals surface area contributed by atoms with Gasteiger partial charge in [0.2, 0.25) is 0 Å². The van der Waals surface area contributed by atoms with Crippen LogP contribution in [-0.2, 0) is 15.8 Å². The smallest absolute Gasteiger partial charge is 0.416 e. The van der Waals surface area contributed by atoms with Crippen molar-refractivity contribution in [3.63, 3.8) is 0 Å². The zero-order chi connectivity index (χ0) is 26.8. The lowest BCUT2D eigenvalue weighted by Gasteiger charge is -2.17. The molecule has 0 fully saturated rings. The van der Waals surface area contributed by atoms with E-state index in [0.717, 1.165) is 37.8 Å². The summed E-state index contributed by atoms with van der Waals surface area (Å²) in [6, 6.07) is 18.1. The number of unbranched alkanes of at least 4 members (excludes halogenated alkanes) is 1. The maximum absolute atomic E-state index is 13.0. The van der Waals surface area contributed by atoms with Gasteiger partial charge < -0.3 is 15.4 Å². The highest BCUT2D eigenvalue weighted by atomic mass is 19.4. The Hall–Kier alpha value is -3.81. The molecular weight excluding hydrogens is 481 g/mol. The first-order valence-electron chi connectivity index (χ1n) is 12.3. The standard InChI is InChI=1S/C29H31F3N2O3/c1-3-5-9-20(4-2)19-37-26-13-7-6-12-25(26)34-28(36)27(35)33-24-16-14-21(15-17-24)22-10-8-11-23(18-22)29(30,31)32/h6-8,10-18,20H,3-5,9,19H2,1-2H3,(H,33,35)(H,34,36). The normalized spacial score (nSPS) is 12.0. The second kappa shape index (κ2) is 12.9. The van der Waals surface area contributed by atoms with Crippen molar-refractivity contribution in [2.75, 3.05) is 17.2 Å². The van der Waals surface area contributed by atoms with E-state index in [1.807, 2.05) is 0 Å². The first-order chi connectivity index (χ1) is 17.7. The number of rotatable bonds is 10. The van der Waals surface area contributed by atoms with E-state index in [1.165, 1.54) is 18.2 Å². The molecule has 3 aromatic rings. The molecule has 0 radical (unpaired) electrons. The van der Waals surface area contributed by atoms with Crippen LogP contribution in [0, 0.1) is 5.92 Å². The van der Waals surface area contributed by atoms with Crippen molar-refractivity contribution in [2.45, 2.75) is 45.7 Å². The Labute approximate surface area is 215 Å². The van der Waals surface area contributed by atoms with Crippen LogP contribution in [0.4, 0.5) is 24.5 Å². The van der Waals surface area contributed by atoms with Crippen molar-refractivity contribution in [3.8, 4) is 16.9 Å². The van der Waals surface area contributed by atoms with Gasteiger partial charge in [-0.05, 0) is 59.9 Å². The fourth-order valence-electron chi connectivity index (χ4n) is 3.79. The maximum atomic E-state index is 13.0. The van der Waals surface area contributed by atoms with Gasteiger partial charge in [-0.1, -0.05) is 69.5 Å². The van der Waals surface area contributed by atoms with Crippen molar-refractivity contribution < 1.29 is 27.5 Å². The third-order valence-corrected chi connectivity index (χ3v) is 6.03. The molecule has 0 aliphatic carbocycles. The van der Waals surface area contributed by atoms with E-state index in [1.54, 1.807) is 42.5 Å². The van der Waals surface area contributed by atoms with Gasteiger partial charge in [-0.3, -0.25) is 9.59 Å². The minimum absolute atomic E-state index is 0.335. The Bertz CT molecular complexity index is 1190. The number of halogens is 3. The van der Waals surface area contributed by atoms with Crippen LogP contribution in [-0.4, -0.2) is 18.4 Å². The predicted octanol–water partition coefficient (Wildman–Crippen LogP) is 7.54. The summed E-state index contributed by atoms with van der Waals surface area (Å²) < 4.78 is 44.9. The molecule has 3 aromatic carbocycles. The molecule has 5 nitrogen and oxygen atoms in total. The molecular formula is C29H31F3N2O3. The van der Waals surface area contributed by atoms with Crippen molar-refractivity contribution in [3.05, 3.63) is 78.4 Å². The molecule has 37 heavy (non-hydrogen) atoms. The van der Waals surface area contributed by atoms with Crippen LogP contribution in [0.15, 0.2) is 72.8 Å². The second-order valence-corrected chi connectivity index (χ2v) is 8.79. The van der Waals surface area contributed by atoms with Crippen LogP contribution < -0.4 is 15.4 Å². The van der Waals surface area contributed by atoms with Gasteiger partial charge in [-0.25, -0.2) is 0 Å². The van der Waals surface area contributed by atoms with E-state index in [9.17, 15) is 22.8 Å². The van der Waals surface area contributed by atoms with Gasteiger partial charge in [0.05, 0.1) is 17.9 Å². The van der Waals surface area contributed by atoms with Gasteiger partial charge in [0, 0.05) is 5.69 Å². The molecule has 196 valence electrons. The SMILES string of the molecule is CCCCC(CC)COc1ccccc1NC(=O)C(=O)Nc1ccc(-c2cccc(C(F)(F)F)c2)cc1. The number of nitrogens with one attached hydrogen (secondary N) is 2. The molecule has 0 saturated carbocycles. The van der Waals surface area contributed by atoms with Crippen LogP contribution in [0.3, 0.4) is 0 Å². The third kappa shape index (κ3) is 8.10. The van der Waals surface area contributed by atoms with Crippen molar-refractivity contribution in [1.82, 2.24) is 0 Å². The van der Waals surface area contributed by atoms with Gasteiger partial charge >= 0.3 is 18.0 Å². The quantitative estimate of drug-likeness (QED) is 0.276. The average molecular weight is 513 g/mol. The fraction of sp³-hybridized carbons (Fsp3) is 0.310. The molecule has 0 aliphatic heterocycles.